The summed E-state index contributed by atoms with van der Waals surface area (Å²) in [6, 6.07) is 0. The first-order valence-corrected chi connectivity index (χ1v) is 14.5. The molecule has 2 nitrogen and oxygen atoms in total. The molecule has 0 aromatic heterocycles. The topological polar surface area (TPSA) is 26.3 Å². The van der Waals surface area contributed by atoms with Crippen LogP contribution in [-0.2, 0) is 9.53 Å². The van der Waals surface area contributed by atoms with Crippen molar-refractivity contribution in [2.24, 2.45) is 56.7 Å². The van der Waals surface area contributed by atoms with Crippen LogP contribution in [0.3, 0.4) is 0 Å². The molecule has 0 amide bonds. The van der Waals surface area contributed by atoms with Crippen molar-refractivity contribution in [1.29, 1.82) is 0 Å². The Hall–Kier alpha value is -0.790. The molecule has 0 aromatic carbocycles. The zero-order chi connectivity index (χ0) is 24.9. The van der Waals surface area contributed by atoms with Crippen molar-refractivity contribution in [3.05, 3.63) is 11.6 Å². The van der Waals surface area contributed by atoms with Gasteiger partial charge in [0.2, 0.25) is 0 Å². The first-order valence-electron chi connectivity index (χ1n) is 14.5. The highest BCUT2D eigenvalue weighted by Gasteiger charge is 2.71. The van der Waals surface area contributed by atoms with E-state index < -0.39 is 0 Å². The average molecular weight is 469 g/mol. The lowest BCUT2D eigenvalue weighted by Crippen LogP contribution is -2.68. The van der Waals surface area contributed by atoms with Gasteiger partial charge in [0.15, 0.2) is 0 Å². The maximum absolute atomic E-state index is 12.4. The van der Waals surface area contributed by atoms with Gasteiger partial charge in [-0.05, 0) is 110 Å². The number of carbonyl (C=O) groups is 1. The summed E-state index contributed by atoms with van der Waals surface area (Å²) < 4.78 is 6.28. The van der Waals surface area contributed by atoms with E-state index in [-0.39, 0.29) is 22.9 Å². The molecule has 5 aliphatic carbocycles. The predicted octanol–water partition coefficient (Wildman–Crippen LogP) is 8.60. The molecule has 10 atom stereocenters. The van der Waals surface area contributed by atoms with E-state index in [1.807, 2.05) is 0 Å². The molecule has 4 fully saturated rings. The monoisotopic (exact) mass is 468 g/mol. The summed E-state index contributed by atoms with van der Waals surface area (Å²) in [4.78, 5) is 12.4. The zero-order valence-electron chi connectivity index (χ0n) is 23.7. The Morgan fingerprint density at radius 2 is 1.62 bits per heavy atom. The largest absolute Gasteiger partial charge is 0.462 e. The van der Waals surface area contributed by atoms with Gasteiger partial charge < -0.3 is 4.74 Å². The minimum absolute atomic E-state index is 0.0342. The molecule has 0 bridgehead atoms. The molecule has 192 valence electrons. The van der Waals surface area contributed by atoms with Crippen LogP contribution >= 0.6 is 0 Å². The van der Waals surface area contributed by atoms with Crippen LogP contribution in [0, 0.1) is 56.7 Å². The first-order chi connectivity index (χ1) is 15.7. The summed E-state index contributed by atoms with van der Waals surface area (Å²) >= 11 is 0. The highest BCUT2D eigenvalue weighted by atomic mass is 16.5. The maximum atomic E-state index is 12.4. The summed E-state index contributed by atoms with van der Waals surface area (Å²) in [6.07, 6.45) is 14.3. The van der Waals surface area contributed by atoms with Crippen LogP contribution in [0.2, 0.25) is 0 Å². The van der Waals surface area contributed by atoms with E-state index in [0.29, 0.717) is 28.1 Å². The quantitative estimate of drug-likeness (QED) is 0.284. The molecular formula is C32H52O2. The number of hydrogen-bond donors (Lipinski definition) is 0. The fraction of sp³-hybridized carbons (Fsp3) is 0.906. The first kappa shape index (κ1) is 24.9. The Labute approximate surface area is 210 Å². The number of ether oxygens (including phenoxy) is 1. The summed E-state index contributed by atoms with van der Waals surface area (Å²) in [5, 5.41) is 0. The summed E-state index contributed by atoms with van der Waals surface area (Å²) in [5.74, 6) is 3.45. The number of hydrogen-bond acceptors (Lipinski definition) is 2. The van der Waals surface area contributed by atoms with Gasteiger partial charge >= 0.3 is 5.97 Å². The molecule has 0 N–H and O–H groups in total. The van der Waals surface area contributed by atoms with Crippen LogP contribution in [0.5, 0.6) is 0 Å². The lowest BCUT2D eigenvalue weighted by atomic mass is 9.31. The third kappa shape index (κ3) is 3.08. The van der Waals surface area contributed by atoms with Gasteiger partial charge in [-0.15, -0.1) is 0 Å². The molecule has 34 heavy (non-hydrogen) atoms. The van der Waals surface area contributed by atoms with Crippen molar-refractivity contribution < 1.29 is 9.53 Å². The van der Waals surface area contributed by atoms with Gasteiger partial charge in [-0.2, -0.15) is 0 Å². The lowest BCUT2D eigenvalue weighted by Gasteiger charge is -2.74. The normalized spacial score (nSPS) is 54.0. The lowest BCUT2D eigenvalue weighted by molar-refractivity contribution is -0.263. The fourth-order valence-corrected chi connectivity index (χ4v) is 11.7. The van der Waals surface area contributed by atoms with Gasteiger partial charge in [-0.1, -0.05) is 66.5 Å². The zero-order valence-corrected chi connectivity index (χ0v) is 23.7. The minimum atomic E-state index is -0.0897. The van der Waals surface area contributed by atoms with Gasteiger partial charge in [0.05, 0.1) is 0 Å². The molecule has 0 spiro atoms. The molecule has 0 radical (unpaired) electrons. The minimum Gasteiger partial charge on any atom is -0.462 e. The van der Waals surface area contributed by atoms with E-state index >= 15 is 0 Å². The summed E-state index contributed by atoms with van der Waals surface area (Å²) in [5.41, 5.74) is 3.09. The molecule has 0 heterocycles. The highest BCUT2D eigenvalue weighted by molar-refractivity contribution is 5.66. The van der Waals surface area contributed by atoms with Gasteiger partial charge in [0.1, 0.15) is 6.10 Å². The van der Waals surface area contributed by atoms with E-state index in [9.17, 15) is 4.79 Å². The highest BCUT2D eigenvalue weighted by Crippen LogP contribution is 2.76. The number of rotatable bonds is 1. The molecule has 10 unspecified atom stereocenters. The Morgan fingerprint density at radius 1 is 0.912 bits per heavy atom. The fourth-order valence-electron chi connectivity index (χ4n) is 11.7. The Bertz CT molecular complexity index is 885. The van der Waals surface area contributed by atoms with E-state index in [0.717, 1.165) is 30.6 Å². The van der Waals surface area contributed by atoms with Gasteiger partial charge in [-0.25, -0.2) is 0 Å². The van der Waals surface area contributed by atoms with Crippen LogP contribution in [0.25, 0.3) is 0 Å². The maximum Gasteiger partial charge on any atom is 0.302 e. The third-order valence-electron chi connectivity index (χ3n) is 13.7. The summed E-state index contributed by atoms with van der Waals surface area (Å²) in [7, 11) is 0. The molecule has 0 aliphatic heterocycles. The van der Waals surface area contributed by atoms with Crippen molar-refractivity contribution in [2.45, 2.75) is 126 Å². The van der Waals surface area contributed by atoms with Gasteiger partial charge in [-0.3, -0.25) is 4.79 Å². The van der Waals surface area contributed by atoms with Crippen molar-refractivity contribution in [2.75, 3.05) is 0 Å². The van der Waals surface area contributed by atoms with Crippen LogP contribution in [0.15, 0.2) is 11.6 Å². The predicted molar refractivity (Wildman–Crippen MR) is 140 cm³/mol. The number of esters is 1. The van der Waals surface area contributed by atoms with Gasteiger partial charge in [0.25, 0.3) is 0 Å². The molecule has 5 aliphatic rings. The SMILES string of the molecule is CC(=O)OC1CC2(C)C(CCC3C4(C)CCCC(C)(C)C4CCC32C)C2C(C)C(C)=CCC12C. The Balaban J connectivity index is 1.60. The number of fused-ring (bicyclic) bond motifs is 7. The number of carbonyl (C=O) groups excluding carboxylic acids is 1. The smallest absolute Gasteiger partial charge is 0.302 e. The van der Waals surface area contributed by atoms with Crippen molar-refractivity contribution in [3.8, 4) is 0 Å². The molecule has 4 saturated carbocycles. The van der Waals surface area contributed by atoms with Crippen molar-refractivity contribution in [1.82, 2.24) is 0 Å². The van der Waals surface area contributed by atoms with Crippen molar-refractivity contribution >= 4 is 5.97 Å². The van der Waals surface area contributed by atoms with E-state index in [1.165, 1.54) is 44.9 Å². The molecule has 5 rings (SSSR count). The second kappa shape index (κ2) is 7.61. The Kier molecular flexibility index (Phi) is 5.57. The van der Waals surface area contributed by atoms with Crippen LogP contribution < -0.4 is 0 Å². The molecular weight excluding hydrogens is 416 g/mol. The van der Waals surface area contributed by atoms with Gasteiger partial charge in [0, 0.05) is 12.3 Å². The van der Waals surface area contributed by atoms with Crippen molar-refractivity contribution in [3.63, 3.8) is 0 Å². The second-order valence-electron chi connectivity index (χ2n) is 15.3. The van der Waals surface area contributed by atoms with E-state index in [4.69, 9.17) is 4.74 Å². The van der Waals surface area contributed by atoms with E-state index in [1.54, 1.807) is 12.5 Å². The van der Waals surface area contributed by atoms with E-state index in [2.05, 4.69) is 61.5 Å². The third-order valence-corrected chi connectivity index (χ3v) is 13.7. The van der Waals surface area contributed by atoms with Crippen LogP contribution in [0.1, 0.15) is 120 Å². The molecule has 0 aromatic rings. The van der Waals surface area contributed by atoms with Crippen LogP contribution in [-0.4, -0.2) is 12.1 Å². The Morgan fingerprint density at radius 3 is 2.29 bits per heavy atom. The average Bonchev–Trinajstić information content (AvgIpc) is 2.71. The summed E-state index contributed by atoms with van der Waals surface area (Å²) in [6.45, 7) is 22.1. The second-order valence-corrected chi connectivity index (χ2v) is 15.3. The number of allylic oxidation sites excluding steroid dienone is 2. The standard InChI is InChI=1S/C32H52O2/c1-20-13-17-30(7)26(34-22(3)33)19-32(9)23(27(30)21(20)2)11-12-25-29(6)16-10-15-28(4,5)24(29)14-18-31(25,32)8/h13,21,23-27H,10-12,14-19H2,1-9H3. The molecule has 2 heteroatoms. The molecule has 0 saturated heterocycles. The van der Waals surface area contributed by atoms with Crippen LogP contribution in [0.4, 0.5) is 0 Å².